The lowest BCUT2D eigenvalue weighted by atomic mass is 10.0. The van der Waals surface area contributed by atoms with Crippen LogP contribution in [0.25, 0.3) is 0 Å². The third-order valence-electron chi connectivity index (χ3n) is 3.89. The van der Waals surface area contributed by atoms with Crippen molar-refractivity contribution in [1.82, 2.24) is 5.32 Å². The summed E-state index contributed by atoms with van der Waals surface area (Å²) in [6.45, 7) is 3.60. The minimum Gasteiger partial charge on any atom is -0.480 e. The fourth-order valence-corrected chi connectivity index (χ4v) is 2.42. The summed E-state index contributed by atoms with van der Waals surface area (Å²) in [5, 5.41) is 23.4. The number of methoxy groups -OCH3 is 2. The van der Waals surface area contributed by atoms with Crippen LogP contribution in [-0.4, -0.2) is 49.2 Å². The van der Waals surface area contributed by atoms with Gasteiger partial charge in [0.05, 0.1) is 31.0 Å². The topological polar surface area (TPSA) is 155 Å². The van der Waals surface area contributed by atoms with E-state index in [2.05, 4.69) is 20.1 Å². The molecule has 0 aliphatic rings. The fraction of sp³-hybridized carbons (Fsp3) is 0.350. The number of anilines is 1. The highest BCUT2D eigenvalue weighted by Gasteiger charge is 2.23. The normalized spacial score (nSPS) is 11.8. The highest BCUT2D eigenvalue weighted by Crippen LogP contribution is 2.20. The SMILES string of the molecule is COC(=O)c1ccc(C(=O)OC)c(N/C=C(/C#N)C(=O)NC(CC(C)C)C(=O)O)c1. The minimum absolute atomic E-state index is 0.00251. The first kappa shape index (κ1) is 24.2. The van der Waals surface area contributed by atoms with Crippen molar-refractivity contribution in [3.05, 3.63) is 41.1 Å². The van der Waals surface area contributed by atoms with Crippen molar-refractivity contribution in [2.75, 3.05) is 19.5 Å². The number of nitrogens with zero attached hydrogens (tertiary/aromatic N) is 1. The number of benzene rings is 1. The molecule has 10 nitrogen and oxygen atoms in total. The van der Waals surface area contributed by atoms with Crippen LogP contribution in [0, 0.1) is 17.2 Å². The van der Waals surface area contributed by atoms with Gasteiger partial charge in [-0.25, -0.2) is 14.4 Å². The number of nitriles is 1. The molecule has 1 aromatic carbocycles. The van der Waals surface area contributed by atoms with Gasteiger partial charge < -0.3 is 25.2 Å². The molecule has 1 unspecified atom stereocenters. The Labute approximate surface area is 173 Å². The maximum atomic E-state index is 12.3. The molecule has 3 N–H and O–H groups in total. The zero-order valence-corrected chi connectivity index (χ0v) is 17.0. The van der Waals surface area contributed by atoms with Gasteiger partial charge in [-0.1, -0.05) is 13.8 Å². The average molecular weight is 417 g/mol. The first-order valence-electron chi connectivity index (χ1n) is 8.85. The van der Waals surface area contributed by atoms with Crippen LogP contribution in [0.2, 0.25) is 0 Å². The van der Waals surface area contributed by atoms with Crippen molar-refractivity contribution < 1.29 is 33.8 Å². The van der Waals surface area contributed by atoms with Crippen molar-refractivity contribution in [3.63, 3.8) is 0 Å². The van der Waals surface area contributed by atoms with E-state index in [0.717, 1.165) is 6.20 Å². The Morgan fingerprint density at radius 3 is 2.30 bits per heavy atom. The predicted molar refractivity (Wildman–Crippen MR) is 105 cm³/mol. The second-order valence-corrected chi connectivity index (χ2v) is 6.55. The maximum Gasteiger partial charge on any atom is 0.339 e. The van der Waals surface area contributed by atoms with Crippen LogP contribution >= 0.6 is 0 Å². The maximum absolute atomic E-state index is 12.3. The molecule has 1 aromatic rings. The molecular formula is C20H23N3O7. The number of carboxylic acids is 1. The Balaban J connectivity index is 3.18. The highest BCUT2D eigenvalue weighted by molar-refractivity contribution is 6.01. The lowest BCUT2D eigenvalue weighted by molar-refractivity contribution is -0.141. The summed E-state index contributed by atoms with van der Waals surface area (Å²) >= 11 is 0. The van der Waals surface area contributed by atoms with Crippen molar-refractivity contribution in [2.24, 2.45) is 5.92 Å². The highest BCUT2D eigenvalue weighted by atomic mass is 16.5. The van der Waals surface area contributed by atoms with E-state index in [1.54, 1.807) is 19.9 Å². The first-order valence-corrected chi connectivity index (χ1v) is 8.85. The molecule has 160 valence electrons. The molecule has 0 spiro atoms. The van der Waals surface area contributed by atoms with Gasteiger partial charge in [0.25, 0.3) is 5.91 Å². The van der Waals surface area contributed by atoms with Gasteiger partial charge in [0.2, 0.25) is 0 Å². The molecule has 0 heterocycles. The quantitative estimate of drug-likeness (QED) is 0.309. The Kier molecular flexibility index (Phi) is 9.03. The van der Waals surface area contributed by atoms with Gasteiger partial charge in [0, 0.05) is 6.20 Å². The third-order valence-corrected chi connectivity index (χ3v) is 3.89. The molecule has 1 amide bonds. The van der Waals surface area contributed by atoms with E-state index < -0.39 is 35.4 Å². The molecule has 30 heavy (non-hydrogen) atoms. The Morgan fingerprint density at radius 1 is 1.17 bits per heavy atom. The van der Waals surface area contributed by atoms with Gasteiger partial charge in [-0.05, 0) is 30.5 Å². The van der Waals surface area contributed by atoms with Gasteiger partial charge in [-0.2, -0.15) is 5.26 Å². The van der Waals surface area contributed by atoms with Gasteiger partial charge in [0.1, 0.15) is 17.7 Å². The second kappa shape index (κ2) is 11.2. The van der Waals surface area contributed by atoms with Crippen molar-refractivity contribution in [2.45, 2.75) is 26.3 Å². The summed E-state index contributed by atoms with van der Waals surface area (Å²) in [5.74, 6) is -3.49. The van der Waals surface area contributed by atoms with Crippen LogP contribution < -0.4 is 10.6 Å². The summed E-state index contributed by atoms with van der Waals surface area (Å²) in [4.78, 5) is 47.3. The molecule has 0 radical (unpaired) electrons. The van der Waals surface area contributed by atoms with Crippen LogP contribution in [0.1, 0.15) is 41.0 Å². The minimum atomic E-state index is -1.22. The number of nitrogens with one attached hydrogen (secondary N) is 2. The molecule has 0 aliphatic heterocycles. The molecule has 0 fully saturated rings. The van der Waals surface area contributed by atoms with Crippen molar-refractivity contribution >= 4 is 29.5 Å². The zero-order chi connectivity index (χ0) is 22.8. The number of aliphatic carboxylic acids is 1. The lowest BCUT2D eigenvalue weighted by Gasteiger charge is -2.16. The van der Waals surface area contributed by atoms with E-state index in [1.165, 1.54) is 32.4 Å². The summed E-state index contributed by atoms with van der Waals surface area (Å²) < 4.78 is 9.31. The first-order chi connectivity index (χ1) is 14.1. The van der Waals surface area contributed by atoms with E-state index in [-0.39, 0.29) is 29.2 Å². The Morgan fingerprint density at radius 2 is 1.80 bits per heavy atom. The number of carbonyl (C=O) groups is 4. The molecular weight excluding hydrogens is 394 g/mol. The van der Waals surface area contributed by atoms with E-state index in [4.69, 9.17) is 0 Å². The monoisotopic (exact) mass is 417 g/mol. The smallest absolute Gasteiger partial charge is 0.339 e. The lowest BCUT2D eigenvalue weighted by Crippen LogP contribution is -2.42. The van der Waals surface area contributed by atoms with Crippen LogP contribution in [0.15, 0.2) is 30.0 Å². The van der Waals surface area contributed by atoms with Crippen LogP contribution in [0.4, 0.5) is 5.69 Å². The van der Waals surface area contributed by atoms with E-state index in [0.29, 0.717) is 0 Å². The summed E-state index contributed by atoms with van der Waals surface area (Å²) in [5.41, 5.74) is -0.180. The number of hydrogen-bond donors (Lipinski definition) is 3. The molecule has 0 saturated heterocycles. The second-order valence-electron chi connectivity index (χ2n) is 6.55. The van der Waals surface area contributed by atoms with E-state index in [1.807, 2.05) is 0 Å². The van der Waals surface area contributed by atoms with Gasteiger partial charge in [0.15, 0.2) is 0 Å². The number of carboxylic acid groups (broad SMARTS) is 1. The summed E-state index contributed by atoms with van der Waals surface area (Å²) in [7, 11) is 2.36. The van der Waals surface area contributed by atoms with Crippen LogP contribution in [0.5, 0.6) is 0 Å². The van der Waals surface area contributed by atoms with Gasteiger partial charge in [-0.3, -0.25) is 4.79 Å². The average Bonchev–Trinajstić information content (AvgIpc) is 2.71. The molecule has 0 aliphatic carbocycles. The standard InChI is InChI=1S/C20H23N3O7/c1-11(2)7-16(18(25)26)23-17(24)13(9-21)10-22-15-8-12(19(27)29-3)5-6-14(15)20(28)30-4/h5-6,8,10-11,16,22H,7H2,1-4H3,(H,23,24)(H,25,26)/b13-10-. The van der Waals surface area contributed by atoms with Gasteiger partial charge >= 0.3 is 17.9 Å². The van der Waals surface area contributed by atoms with Crippen molar-refractivity contribution in [1.29, 1.82) is 5.26 Å². The fourth-order valence-electron chi connectivity index (χ4n) is 2.42. The summed E-state index contributed by atoms with van der Waals surface area (Å²) in [6, 6.07) is 4.47. The van der Waals surface area contributed by atoms with Crippen molar-refractivity contribution in [3.8, 4) is 6.07 Å². The number of rotatable bonds is 9. The number of hydrogen-bond acceptors (Lipinski definition) is 8. The number of ether oxygens (including phenoxy) is 2. The molecule has 0 saturated carbocycles. The number of esters is 2. The summed E-state index contributed by atoms with van der Waals surface area (Å²) in [6.07, 6.45) is 1.19. The Hall–Kier alpha value is -3.87. The van der Waals surface area contributed by atoms with E-state index >= 15 is 0 Å². The zero-order valence-electron chi connectivity index (χ0n) is 17.0. The van der Waals surface area contributed by atoms with Gasteiger partial charge in [-0.15, -0.1) is 0 Å². The molecule has 0 bridgehead atoms. The number of amides is 1. The predicted octanol–water partition coefficient (Wildman–Crippen LogP) is 1.69. The largest absolute Gasteiger partial charge is 0.480 e. The Bertz CT molecular complexity index is 900. The van der Waals surface area contributed by atoms with Crippen LogP contribution in [0.3, 0.4) is 0 Å². The number of carbonyl (C=O) groups excluding carboxylic acids is 3. The third kappa shape index (κ3) is 6.63. The molecule has 0 aromatic heterocycles. The van der Waals surface area contributed by atoms with E-state index in [9.17, 15) is 29.5 Å². The molecule has 1 rings (SSSR count). The van der Waals surface area contributed by atoms with Crippen LogP contribution in [-0.2, 0) is 19.1 Å². The molecule has 1 atom stereocenters. The molecule has 10 heteroatoms.